The van der Waals surface area contributed by atoms with E-state index in [1.165, 1.54) is 0 Å². The molecule has 0 aliphatic carbocycles. The van der Waals surface area contributed by atoms with E-state index in [0.717, 1.165) is 61.1 Å². The number of pyridine rings is 1. The van der Waals surface area contributed by atoms with Gasteiger partial charge < -0.3 is 14.6 Å². The fraction of sp³-hybridized carbons (Fsp3) is 0.375. The average molecular weight is 452 g/mol. The predicted molar refractivity (Wildman–Crippen MR) is 127 cm³/mol. The summed E-state index contributed by atoms with van der Waals surface area (Å²) in [7, 11) is 0. The normalized spacial score (nSPS) is 15.1. The Kier molecular flexibility index (Phi) is 7.57. The first kappa shape index (κ1) is 22.5. The number of aryl methyl sites for hydroxylation is 1. The van der Waals surface area contributed by atoms with Gasteiger partial charge in [0.25, 0.3) is 5.91 Å². The molecule has 1 aromatic carbocycles. The van der Waals surface area contributed by atoms with Gasteiger partial charge in [-0.05, 0) is 49.4 Å². The maximum Gasteiger partial charge on any atom is 0.251 e. The van der Waals surface area contributed by atoms with E-state index in [9.17, 15) is 4.79 Å². The summed E-state index contributed by atoms with van der Waals surface area (Å²) >= 11 is 1.82. The fourth-order valence-corrected chi connectivity index (χ4v) is 4.56. The van der Waals surface area contributed by atoms with Crippen molar-refractivity contribution >= 4 is 17.9 Å². The molecule has 4 rings (SSSR count). The Labute approximate surface area is 193 Å². The number of oxazole rings is 1. The SMILES string of the molecule is CCN1CCN(SCc2nc(-c3ccc(C(=O)NCc4cccnc4)cc3)oc2C)CC1. The maximum atomic E-state index is 12.4. The van der Waals surface area contributed by atoms with Crippen LogP contribution < -0.4 is 5.32 Å². The van der Waals surface area contributed by atoms with E-state index >= 15 is 0 Å². The molecular formula is C24H29N5O2S. The maximum absolute atomic E-state index is 12.4. The van der Waals surface area contributed by atoms with E-state index in [0.29, 0.717) is 18.0 Å². The lowest BCUT2D eigenvalue weighted by atomic mass is 10.1. The van der Waals surface area contributed by atoms with Gasteiger partial charge in [-0.3, -0.25) is 9.78 Å². The highest BCUT2D eigenvalue weighted by atomic mass is 32.2. The minimum Gasteiger partial charge on any atom is -0.441 e. The first-order chi connectivity index (χ1) is 15.6. The third kappa shape index (κ3) is 5.76. The number of carbonyl (C=O) groups excluding carboxylic acids is 1. The number of aromatic nitrogens is 2. The molecule has 0 radical (unpaired) electrons. The molecule has 1 saturated heterocycles. The largest absolute Gasteiger partial charge is 0.441 e. The van der Waals surface area contributed by atoms with Crippen LogP contribution in [0.1, 0.15) is 34.3 Å². The highest BCUT2D eigenvalue weighted by Gasteiger charge is 2.18. The van der Waals surface area contributed by atoms with Gasteiger partial charge in [-0.1, -0.05) is 24.9 Å². The van der Waals surface area contributed by atoms with Gasteiger partial charge in [-0.15, -0.1) is 0 Å². The minimum absolute atomic E-state index is 0.121. The molecule has 0 bridgehead atoms. The summed E-state index contributed by atoms with van der Waals surface area (Å²) in [6.07, 6.45) is 3.46. The lowest BCUT2D eigenvalue weighted by molar-refractivity contribution is 0.0951. The lowest BCUT2D eigenvalue weighted by Gasteiger charge is -2.32. The summed E-state index contributed by atoms with van der Waals surface area (Å²) in [4.78, 5) is 23.7. The molecule has 3 heterocycles. The minimum atomic E-state index is -0.121. The Morgan fingerprint density at radius 3 is 2.62 bits per heavy atom. The first-order valence-corrected chi connectivity index (χ1v) is 11.9. The van der Waals surface area contributed by atoms with Crippen LogP contribution in [0.3, 0.4) is 0 Å². The fourth-order valence-electron chi connectivity index (χ4n) is 3.56. The van der Waals surface area contributed by atoms with E-state index in [1.54, 1.807) is 24.5 Å². The highest BCUT2D eigenvalue weighted by molar-refractivity contribution is 7.96. The zero-order valence-electron chi connectivity index (χ0n) is 18.6. The van der Waals surface area contributed by atoms with Crippen LogP contribution in [0.25, 0.3) is 11.5 Å². The van der Waals surface area contributed by atoms with Crippen molar-refractivity contribution in [1.82, 2.24) is 24.5 Å². The number of amides is 1. The number of piperazine rings is 1. The van der Waals surface area contributed by atoms with Crippen molar-refractivity contribution in [1.29, 1.82) is 0 Å². The number of hydrogen-bond donors (Lipinski definition) is 1. The standard InChI is InChI=1S/C24H29N5O2S/c1-3-28-11-13-29(14-12-28)32-17-22-18(2)31-24(27-22)21-8-6-20(7-9-21)23(30)26-16-19-5-4-10-25-15-19/h4-10,15H,3,11-14,16-17H2,1-2H3,(H,26,30). The molecule has 0 saturated carbocycles. The van der Waals surface area contributed by atoms with Crippen molar-refractivity contribution in [3.8, 4) is 11.5 Å². The topological polar surface area (TPSA) is 74.5 Å². The summed E-state index contributed by atoms with van der Waals surface area (Å²) in [6, 6.07) is 11.1. The summed E-state index contributed by atoms with van der Waals surface area (Å²) in [6.45, 7) is 10.1. The van der Waals surface area contributed by atoms with Crippen LogP contribution in [0.15, 0.2) is 53.2 Å². The molecule has 0 atom stereocenters. The molecule has 32 heavy (non-hydrogen) atoms. The third-order valence-electron chi connectivity index (χ3n) is 5.62. The summed E-state index contributed by atoms with van der Waals surface area (Å²) in [5.74, 6) is 2.12. The molecule has 168 valence electrons. The molecule has 0 spiro atoms. The molecule has 1 aliphatic heterocycles. The van der Waals surface area contributed by atoms with E-state index in [-0.39, 0.29) is 5.91 Å². The summed E-state index contributed by atoms with van der Waals surface area (Å²) in [5.41, 5.74) is 3.40. The number of carbonyl (C=O) groups is 1. The zero-order chi connectivity index (χ0) is 22.3. The molecule has 0 unspecified atom stereocenters. The number of likely N-dealkylation sites (N-methyl/N-ethyl adjacent to an activating group) is 1. The Hall–Kier alpha value is -2.68. The van der Waals surface area contributed by atoms with Gasteiger partial charge in [-0.2, -0.15) is 0 Å². The van der Waals surface area contributed by atoms with Crippen LogP contribution in [-0.4, -0.2) is 57.8 Å². The second kappa shape index (κ2) is 10.8. The monoisotopic (exact) mass is 451 g/mol. The number of nitrogens with one attached hydrogen (secondary N) is 1. The van der Waals surface area contributed by atoms with Crippen molar-refractivity contribution in [3.05, 3.63) is 71.4 Å². The number of hydrogen-bond acceptors (Lipinski definition) is 7. The van der Waals surface area contributed by atoms with Crippen LogP contribution >= 0.6 is 11.9 Å². The van der Waals surface area contributed by atoms with Crippen LogP contribution in [0, 0.1) is 6.92 Å². The summed E-state index contributed by atoms with van der Waals surface area (Å²) < 4.78 is 8.34. The molecule has 1 fully saturated rings. The van der Waals surface area contributed by atoms with Crippen molar-refractivity contribution < 1.29 is 9.21 Å². The molecule has 1 aliphatic rings. The van der Waals surface area contributed by atoms with Crippen LogP contribution in [0.5, 0.6) is 0 Å². The van der Waals surface area contributed by atoms with Crippen LogP contribution in [-0.2, 0) is 12.3 Å². The van der Waals surface area contributed by atoms with E-state index in [1.807, 2.05) is 43.1 Å². The van der Waals surface area contributed by atoms with Crippen LogP contribution in [0.4, 0.5) is 0 Å². The first-order valence-electron chi connectivity index (χ1n) is 11.0. The second-order valence-corrected chi connectivity index (χ2v) is 8.84. The van der Waals surface area contributed by atoms with Crippen LogP contribution in [0.2, 0.25) is 0 Å². The van der Waals surface area contributed by atoms with Gasteiger partial charge in [0.15, 0.2) is 0 Å². The molecule has 7 nitrogen and oxygen atoms in total. The molecular weight excluding hydrogens is 422 g/mol. The van der Waals surface area contributed by atoms with Crippen molar-refractivity contribution in [2.75, 3.05) is 32.7 Å². The van der Waals surface area contributed by atoms with Gasteiger partial charge in [-0.25, -0.2) is 9.29 Å². The number of rotatable bonds is 8. The highest BCUT2D eigenvalue weighted by Crippen LogP contribution is 2.26. The summed E-state index contributed by atoms with van der Waals surface area (Å²) in [5, 5.41) is 2.91. The average Bonchev–Trinajstić information content (AvgIpc) is 3.22. The molecule has 1 amide bonds. The molecule has 3 aromatic rings. The van der Waals surface area contributed by atoms with Crippen molar-refractivity contribution in [2.45, 2.75) is 26.1 Å². The second-order valence-electron chi connectivity index (χ2n) is 7.78. The molecule has 1 N–H and O–H groups in total. The Morgan fingerprint density at radius 1 is 1.16 bits per heavy atom. The zero-order valence-corrected chi connectivity index (χ0v) is 19.4. The lowest BCUT2D eigenvalue weighted by Crippen LogP contribution is -2.43. The number of benzene rings is 1. The Bertz CT molecular complexity index is 1010. The van der Waals surface area contributed by atoms with Crippen molar-refractivity contribution in [3.63, 3.8) is 0 Å². The predicted octanol–water partition coefficient (Wildman–Crippen LogP) is 3.76. The smallest absolute Gasteiger partial charge is 0.251 e. The number of nitrogens with zero attached hydrogens (tertiary/aromatic N) is 4. The van der Waals surface area contributed by atoms with Gasteiger partial charge in [0.05, 0.1) is 11.4 Å². The Morgan fingerprint density at radius 2 is 1.94 bits per heavy atom. The van der Waals surface area contributed by atoms with E-state index < -0.39 is 0 Å². The van der Waals surface area contributed by atoms with Gasteiger partial charge >= 0.3 is 0 Å². The molecule has 2 aromatic heterocycles. The van der Waals surface area contributed by atoms with Crippen molar-refractivity contribution in [2.24, 2.45) is 0 Å². The van der Waals surface area contributed by atoms with Gasteiger partial charge in [0.2, 0.25) is 5.89 Å². The Balaban J connectivity index is 1.32. The molecule has 8 heteroatoms. The van der Waals surface area contributed by atoms with E-state index in [4.69, 9.17) is 9.40 Å². The van der Waals surface area contributed by atoms with Gasteiger partial charge in [0, 0.05) is 56.2 Å². The quantitative estimate of drug-likeness (QED) is 0.523. The van der Waals surface area contributed by atoms with E-state index in [2.05, 4.69) is 26.4 Å². The van der Waals surface area contributed by atoms with Gasteiger partial charge in [0.1, 0.15) is 5.76 Å². The third-order valence-corrected chi connectivity index (χ3v) is 6.76.